The fourth-order valence-corrected chi connectivity index (χ4v) is 3.34. The number of fused-ring (bicyclic) bond motifs is 1. The third-order valence-electron chi connectivity index (χ3n) is 4.16. The van der Waals surface area contributed by atoms with Gasteiger partial charge >= 0.3 is 0 Å². The van der Waals surface area contributed by atoms with Gasteiger partial charge in [0.05, 0.1) is 0 Å². The van der Waals surface area contributed by atoms with Gasteiger partial charge in [-0.05, 0) is 37.9 Å². The standard InChI is InChI=1S/C18H28BrNO/c1-3-5-6-7-8-15-13-17(20-11-4-2)16-10-9-14(19)12-18(16)21-15/h9-10,12,15,17,20H,3-8,11,13H2,1-2H3. The van der Waals surface area contributed by atoms with Crippen LogP contribution in [0.5, 0.6) is 5.75 Å². The summed E-state index contributed by atoms with van der Waals surface area (Å²) in [6, 6.07) is 6.87. The maximum absolute atomic E-state index is 6.23. The molecule has 0 radical (unpaired) electrons. The van der Waals surface area contributed by atoms with Crippen molar-refractivity contribution in [3.05, 3.63) is 28.2 Å². The number of hydrogen-bond donors (Lipinski definition) is 1. The minimum Gasteiger partial charge on any atom is -0.490 e. The van der Waals surface area contributed by atoms with Crippen LogP contribution in [0.2, 0.25) is 0 Å². The lowest BCUT2D eigenvalue weighted by Crippen LogP contribution is -2.33. The second-order valence-corrected chi connectivity index (χ2v) is 6.93. The van der Waals surface area contributed by atoms with E-state index in [1.165, 1.54) is 44.1 Å². The van der Waals surface area contributed by atoms with Crippen LogP contribution in [0.1, 0.15) is 70.4 Å². The molecular formula is C18H28BrNO. The van der Waals surface area contributed by atoms with Crippen molar-refractivity contribution >= 4 is 15.9 Å². The molecule has 0 aromatic heterocycles. The van der Waals surface area contributed by atoms with Gasteiger partial charge in [-0.3, -0.25) is 0 Å². The number of hydrogen-bond acceptors (Lipinski definition) is 2. The van der Waals surface area contributed by atoms with Gasteiger partial charge in [-0.25, -0.2) is 0 Å². The Hall–Kier alpha value is -0.540. The number of rotatable bonds is 8. The maximum Gasteiger partial charge on any atom is 0.125 e. The van der Waals surface area contributed by atoms with Gasteiger partial charge in [0.15, 0.2) is 0 Å². The number of halogens is 1. The second-order valence-electron chi connectivity index (χ2n) is 6.01. The van der Waals surface area contributed by atoms with Gasteiger partial charge in [0, 0.05) is 22.5 Å². The van der Waals surface area contributed by atoms with Crippen LogP contribution in [-0.2, 0) is 0 Å². The van der Waals surface area contributed by atoms with E-state index in [1.807, 2.05) is 0 Å². The first-order valence-corrected chi connectivity index (χ1v) is 9.23. The summed E-state index contributed by atoms with van der Waals surface area (Å²) in [4.78, 5) is 0. The fourth-order valence-electron chi connectivity index (χ4n) is 3.00. The molecule has 1 aliphatic rings. The van der Waals surface area contributed by atoms with E-state index in [1.54, 1.807) is 0 Å². The second kappa shape index (κ2) is 8.79. The van der Waals surface area contributed by atoms with Crippen molar-refractivity contribution in [3.8, 4) is 5.75 Å². The van der Waals surface area contributed by atoms with Crippen molar-refractivity contribution < 1.29 is 4.74 Å². The third kappa shape index (κ3) is 5.00. The molecule has 1 N–H and O–H groups in total. The molecule has 2 atom stereocenters. The molecule has 0 amide bonds. The fraction of sp³-hybridized carbons (Fsp3) is 0.667. The highest BCUT2D eigenvalue weighted by Gasteiger charge is 2.27. The smallest absolute Gasteiger partial charge is 0.125 e. The summed E-state index contributed by atoms with van der Waals surface area (Å²) < 4.78 is 7.33. The summed E-state index contributed by atoms with van der Waals surface area (Å²) in [7, 11) is 0. The topological polar surface area (TPSA) is 21.3 Å². The molecule has 21 heavy (non-hydrogen) atoms. The molecule has 2 rings (SSSR count). The van der Waals surface area contributed by atoms with Crippen LogP contribution in [0.25, 0.3) is 0 Å². The predicted octanol–water partition coefficient (Wildman–Crippen LogP) is 5.61. The Labute approximate surface area is 137 Å². The number of unbranched alkanes of at least 4 members (excludes halogenated alkanes) is 3. The molecule has 118 valence electrons. The summed E-state index contributed by atoms with van der Waals surface area (Å²) >= 11 is 3.56. The molecule has 0 saturated heterocycles. The zero-order chi connectivity index (χ0) is 15.1. The maximum atomic E-state index is 6.23. The van der Waals surface area contributed by atoms with E-state index in [9.17, 15) is 0 Å². The van der Waals surface area contributed by atoms with Crippen LogP contribution in [0, 0.1) is 0 Å². The van der Waals surface area contributed by atoms with Crippen molar-refractivity contribution in [2.75, 3.05) is 6.54 Å². The van der Waals surface area contributed by atoms with Crippen LogP contribution in [0.3, 0.4) is 0 Å². The average molecular weight is 354 g/mol. The minimum atomic E-state index is 0.359. The summed E-state index contributed by atoms with van der Waals surface area (Å²) in [5.41, 5.74) is 1.32. The van der Waals surface area contributed by atoms with E-state index < -0.39 is 0 Å². The Morgan fingerprint density at radius 3 is 2.81 bits per heavy atom. The summed E-state index contributed by atoms with van der Waals surface area (Å²) in [5.74, 6) is 1.06. The molecule has 1 heterocycles. The zero-order valence-corrected chi connectivity index (χ0v) is 14.9. The molecule has 0 aliphatic carbocycles. The lowest BCUT2D eigenvalue weighted by molar-refractivity contribution is 0.138. The summed E-state index contributed by atoms with van der Waals surface area (Å²) in [5, 5.41) is 3.68. The average Bonchev–Trinajstić information content (AvgIpc) is 2.48. The molecule has 0 spiro atoms. The Balaban J connectivity index is 2.01. The third-order valence-corrected chi connectivity index (χ3v) is 4.66. The zero-order valence-electron chi connectivity index (χ0n) is 13.3. The first-order valence-electron chi connectivity index (χ1n) is 8.44. The van der Waals surface area contributed by atoms with Gasteiger partial charge in [-0.2, -0.15) is 0 Å². The van der Waals surface area contributed by atoms with Crippen LogP contribution in [-0.4, -0.2) is 12.6 Å². The molecule has 0 fully saturated rings. The van der Waals surface area contributed by atoms with E-state index >= 15 is 0 Å². The monoisotopic (exact) mass is 353 g/mol. The molecule has 2 nitrogen and oxygen atoms in total. The summed E-state index contributed by atoms with van der Waals surface area (Å²) in [6.45, 7) is 5.55. The Morgan fingerprint density at radius 2 is 2.05 bits per heavy atom. The van der Waals surface area contributed by atoms with E-state index in [0.29, 0.717) is 12.1 Å². The highest BCUT2D eigenvalue weighted by molar-refractivity contribution is 9.10. The Kier molecular flexibility index (Phi) is 7.05. The van der Waals surface area contributed by atoms with Crippen molar-refractivity contribution in [2.45, 2.75) is 70.9 Å². The largest absolute Gasteiger partial charge is 0.490 e. The molecule has 2 unspecified atom stereocenters. The molecule has 1 aromatic rings. The molecule has 0 saturated carbocycles. The normalized spacial score (nSPS) is 20.9. The lowest BCUT2D eigenvalue weighted by Gasteiger charge is -2.33. The Morgan fingerprint density at radius 1 is 1.19 bits per heavy atom. The van der Waals surface area contributed by atoms with Crippen molar-refractivity contribution in [2.24, 2.45) is 0 Å². The van der Waals surface area contributed by atoms with Crippen molar-refractivity contribution in [1.82, 2.24) is 5.32 Å². The molecule has 0 bridgehead atoms. The predicted molar refractivity (Wildman–Crippen MR) is 93.0 cm³/mol. The SMILES string of the molecule is CCCCCCC1CC(NCCC)c2ccc(Br)cc2O1. The number of nitrogens with one attached hydrogen (secondary N) is 1. The van der Waals surface area contributed by atoms with E-state index in [-0.39, 0.29) is 0 Å². The number of benzene rings is 1. The lowest BCUT2D eigenvalue weighted by atomic mass is 9.93. The van der Waals surface area contributed by atoms with Gasteiger partial charge in [0.1, 0.15) is 11.9 Å². The molecule has 1 aliphatic heterocycles. The molecule has 1 aromatic carbocycles. The Bertz CT molecular complexity index is 435. The first-order chi connectivity index (χ1) is 10.2. The van der Waals surface area contributed by atoms with E-state index in [4.69, 9.17) is 4.74 Å². The van der Waals surface area contributed by atoms with E-state index in [0.717, 1.165) is 23.2 Å². The van der Waals surface area contributed by atoms with E-state index in [2.05, 4.69) is 53.3 Å². The van der Waals surface area contributed by atoms with Gasteiger partial charge in [-0.15, -0.1) is 0 Å². The van der Waals surface area contributed by atoms with Crippen LogP contribution in [0.15, 0.2) is 22.7 Å². The quantitative estimate of drug-likeness (QED) is 0.613. The first kappa shape index (κ1) is 16.8. The van der Waals surface area contributed by atoms with Gasteiger partial charge in [-0.1, -0.05) is 55.1 Å². The van der Waals surface area contributed by atoms with Gasteiger partial charge in [0.2, 0.25) is 0 Å². The molecule has 3 heteroatoms. The van der Waals surface area contributed by atoms with Crippen LogP contribution < -0.4 is 10.1 Å². The van der Waals surface area contributed by atoms with Gasteiger partial charge < -0.3 is 10.1 Å². The van der Waals surface area contributed by atoms with Crippen LogP contribution in [0.4, 0.5) is 0 Å². The van der Waals surface area contributed by atoms with Crippen LogP contribution >= 0.6 is 15.9 Å². The van der Waals surface area contributed by atoms with Crippen molar-refractivity contribution in [1.29, 1.82) is 0 Å². The highest BCUT2D eigenvalue weighted by Crippen LogP contribution is 2.37. The van der Waals surface area contributed by atoms with Gasteiger partial charge in [0.25, 0.3) is 0 Å². The molecular weight excluding hydrogens is 326 g/mol. The minimum absolute atomic E-state index is 0.359. The number of ether oxygens (including phenoxy) is 1. The summed E-state index contributed by atoms with van der Waals surface area (Å²) in [6.07, 6.45) is 9.05. The highest BCUT2D eigenvalue weighted by atomic mass is 79.9. The van der Waals surface area contributed by atoms with Crippen molar-refractivity contribution in [3.63, 3.8) is 0 Å².